The Hall–Kier alpha value is -2.48. The van der Waals surface area contributed by atoms with Gasteiger partial charge in [-0.15, -0.1) is 0 Å². The lowest BCUT2D eigenvalue weighted by atomic mass is 9.88. The number of carboxylic acids is 1. The summed E-state index contributed by atoms with van der Waals surface area (Å²) in [5.74, 6) is -1.84. The molecule has 0 spiro atoms. The van der Waals surface area contributed by atoms with E-state index in [9.17, 15) is 18.8 Å². The Bertz CT molecular complexity index is 761. The quantitative estimate of drug-likeness (QED) is 0.676. The Kier molecular flexibility index (Phi) is 5.46. The molecule has 0 bridgehead atoms. The third-order valence-electron chi connectivity index (χ3n) is 5.41. The molecule has 1 aromatic rings. The van der Waals surface area contributed by atoms with Crippen molar-refractivity contribution in [2.45, 2.75) is 44.1 Å². The van der Waals surface area contributed by atoms with Crippen LogP contribution in [0, 0.1) is 5.82 Å². The van der Waals surface area contributed by atoms with E-state index in [1.165, 1.54) is 6.07 Å². The van der Waals surface area contributed by atoms with Gasteiger partial charge in [0, 0.05) is 12.1 Å². The van der Waals surface area contributed by atoms with Gasteiger partial charge in [0.15, 0.2) is 0 Å². The maximum Gasteiger partial charge on any atom is 0.317 e. The van der Waals surface area contributed by atoms with E-state index in [1.54, 1.807) is 19.1 Å². The number of hydrogen-bond acceptors (Lipinski definition) is 5. The van der Waals surface area contributed by atoms with E-state index in [0.717, 1.165) is 0 Å². The van der Waals surface area contributed by atoms with Crippen LogP contribution in [0.1, 0.15) is 44.1 Å². The van der Waals surface area contributed by atoms with Crippen molar-refractivity contribution in [3.63, 3.8) is 0 Å². The van der Waals surface area contributed by atoms with Crippen LogP contribution in [-0.2, 0) is 14.4 Å². The molecule has 1 atom stereocenters. The molecule has 7 nitrogen and oxygen atoms in total. The molecule has 8 heteroatoms. The van der Waals surface area contributed by atoms with E-state index < -0.39 is 17.4 Å². The Labute approximate surface area is 156 Å². The van der Waals surface area contributed by atoms with E-state index in [-0.39, 0.29) is 30.6 Å². The first-order valence-electron chi connectivity index (χ1n) is 9.13. The Balaban J connectivity index is 1.65. The highest BCUT2D eigenvalue weighted by Gasteiger charge is 2.38. The van der Waals surface area contributed by atoms with Crippen LogP contribution in [0.15, 0.2) is 18.2 Å². The lowest BCUT2D eigenvalue weighted by Gasteiger charge is -2.34. The number of rotatable bonds is 5. The van der Waals surface area contributed by atoms with E-state index in [1.807, 2.05) is 4.90 Å². The van der Waals surface area contributed by atoms with Crippen molar-refractivity contribution in [3.05, 3.63) is 29.6 Å². The highest BCUT2D eigenvalue weighted by atomic mass is 19.1. The molecule has 3 N–H and O–H groups in total. The van der Waals surface area contributed by atoms with Gasteiger partial charge in [-0.05, 0) is 62.9 Å². The van der Waals surface area contributed by atoms with E-state index in [4.69, 9.17) is 5.11 Å². The van der Waals surface area contributed by atoms with Gasteiger partial charge in [-0.2, -0.15) is 0 Å². The zero-order valence-electron chi connectivity index (χ0n) is 15.3. The third kappa shape index (κ3) is 4.44. The SMILES string of the molecule is C[C@@]1(Nc2ccc(C3CCN(CC(=O)O)CC3)c(F)c2)CCC(=O)NC1=O. The zero-order valence-corrected chi connectivity index (χ0v) is 15.3. The van der Waals surface area contributed by atoms with Crippen LogP contribution in [0.2, 0.25) is 0 Å². The number of hydrogen-bond donors (Lipinski definition) is 3. The lowest BCUT2D eigenvalue weighted by Crippen LogP contribution is -2.56. The number of nitrogens with one attached hydrogen (secondary N) is 2. The Morgan fingerprint density at radius 3 is 2.67 bits per heavy atom. The molecule has 0 radical (unpaired) electrons. The van der Waals surface area contributed by atoms with Crippen molar-refractivity contribution >= 4 is 23.5 Å². The minimum atomic E-state index is -0.954. The number of likely N-dealkylation sites (tertiary alicyclic amines) is 1. The summed E-state index contributed by atoms with van der Waals surface area (Å²) < 4.78 is 14.7. The molecular formula is C19H24FN3O4. The Morgan fingerprint density at radius 1 is 1.37 bits per heavy atom. The van der Waals surface area contributed by atoms with Gasteiger partial charge in [0.1, 0.15) is 11.4 Å². The number of carbonyl (C=O) groups is 3. The molecule has 2 aliphatic heterocycles. The van der Waals surface area contributed by atoms with E-state index in [2.05, 4.69) is 10.6 Å². The van der Waals surface area contributed by atoms with Gasteiger partial charge in [-0.3, -0.25) is 24.6 Å². The average Bonchev–Trinajstić information content (AvgIpc) is 2.59. The van der Waals surface area contributed by atoms with Gasteiger partial charge in [0.05, 0.1) is 6.54 Å². The molecule has 2 amide bonds. The average molecular weight is 377 g/mol. The monoisotopic (exact) mass is 377 g/mol. The number of piperidine rings is 2. The van der Waals surface area contributed by atoms with Crippen molar-refractivity contribution in [1.82, 2.24) is 10.2 Å². The molecule has 2 heterocycles. The largest absolute Gasteiger partial charge is 0.480 e. The van der Waals surface area contributed by atoms with Gasteiger partial charge in [-0.1, -0.05) is 6.07 Å². The maximum atomic E-state index is 14.7. The molecule has 146 valence electrons. The summed E-state index contributed by atoms with van der Waals surface area (Å²) in [6, 6.07) is 4.86. The summed E-state index contributed by atoms with van der Waals surface area (Å²) in [6.07, 6.45) is 2.01. The summed E-state index contributed by atoms with van der Waals surface area (Å²) in [5.41, 5.74) is 0.153. The summed E-state index contributed by atoms with van der Waals surface area (Å²) in [4.78, 5) is 36.1. The number of anilines is 1. The summed E-state index contributed by atoms with van der Waals surface area (Å²) >= 11 is 0. The zero-order chi connectivity index (χ0) is 19.6. The van der Waals surface area contributed by atoms with Crippen molar-refractivity contribution in [3.8, 4) is 0 Å². The molecule has 0 saturated carbocycles. The highest BCUT2D eigenvalue weighted by molar-refractivity contribution is 6.03. The topological polar surface area (TPSA) is 98.7 Å². The predicted octanol–water partition coefficient (Wildman–Crippen LogP) is 1.70. The molecule has 0 unspecified atom stereocenters. The van der Waals surface area contributed by atoms with Crippen molar-refractivity contribution in [2.24, 2.45) is 0 Å². The van der Waals surface area contributed by atoms with Crippen LogP contribution in [0.5, 0.6) is 0 Å². The lowest BCUT2D eigenvalue weighted by molar-refractivity contribution is -0.139. The fraction of sp³-hybridized carbons (Fsp3) is 0.526. The van der Waals surface area contributed by atoms with Crippen LogP contribution in [0.4, 0.5) is 10.1 Å². The number of halogens is 1. The van der Waals surface area contributed by atoms with Crippen LogP contribution in [-0.4, -0.2) is 53.0 Å². The van der Waals surface area contributed by atoms with Gasteiger partial charge in [0.25, 0.3) is 5.91 Å². The van der Waals surface area contributed by atoms with Crippen LogP contribution in [0.25, 0.3) is 0 Å². The first-order chi connectivity index (χ1) is 12.8. The van der Waals surface area contributed by atoms with E-state index in [0.29, 0.717) is 43.6 Å². The predicted molar refractivity (Wildman–Crippen MR) is 96.9 cm³/mol. The van der Waals surface area contributed by atoms with Gasteiger partial charge < -0.3 is 10.4 Å². The molecule has 1 aromatic carbocycles. The standard InChI is InChI=1S/C19H24FN3O4/c1-19(7-4-16(24)21-18(19)27)22-13-2-3-14(15(20)10-13)12-5-8-23(9-6-12)11-17(25)26/h2-3,10,12,22H,4-9,11H2,1H3,(H,25,26)(H,21,24,27)/t19-/m1/s1. The number of imide groups is 1. The summed E-state index contributed by atoms with van der Waals surface area (Å²) in [6.45, 7) is 2.96. The van der Waals surface area contributed by atoms with Crippen molar-refractivity contribution < 1.29 is 23.9 Å². The second-order valence-corrected chi connectivity index (χ2v) is 7.51. The summed E-state index contributed by atoms with van der Waals surface area (Å²) in [5, 5.41) is 14.2. The molecule has 2 fully saturated rings. The fourth-order valence-electron chi connectivity index (χ4n) is 3.77. The minimum absolute atomic E-state index is 0.0151. The molecule has 27 heavy (non-hydrogen) atoms. The molecule has 2 aliphatic rings. The minimum Gasteiger partial charge on any atom is -0.480 e. The molecule has 0 aromatic heterocycles. The van der Waals surface area contributed by atoms with Crippen LogP contribution >= 0.6 is 0 Å². The molecule has 2 saturated heterocycles. The normalized spacial score (nSPS) is 24.5. The smallest absolute Gasteiger partial charge is 0.317 e. The van der Waals surface area contributed by atoms with Gasteiger partial charge in [0.2, 0.25) is 5.91 Å². The second-order valence-electron chi connectivity index (χ2n) is 7.51. The van der Waals surface area contributed by atoms with Crippen LogP contribution < -0.4 is 10.6 Å². The van der Waals surface area contributed by atoms with E-state index >= 15 is 0 Å². The highest BCUT2D eigenvalue weighted by Crippen LogP contribution is 2.32. The summed E-state index contributed by atoms with van der Waals surface area (Å²) in [7, 11) is 0. The first-order valence-corrected chi connectivity index (χ1v) is 9.13. The van der Waals surface area contributed by atoms with Gasteiger partial charge in [-0.25, -0.2) is 4.39 Å². The molecule has 0 aliphatic carbocycles. The van der Waals surface area contributed by atoms with Crippen LogP contribution in [0.3, 0.4) is 0 Å². The maximum absolute atomic E-state index is 14.7. The number of aliphatic carboxylic acids is 1. The number of nitrogens with zero attached hydrogens (tertiary/aromatic N) is 1. The number of carbonyl (C=O) groups excluding carboxylic acids is 2. The molecule has 3 rings (SSSR count). The number of carboxylic acid groups (broad SMARTS) is 1. The fourth-order valence-corrected chi connectivity index (χ4v) is 3.77. The third-order valence-corrected chi connectivity index (χ3v) is 5.41. The number of benzene rings is 1. The van der Waals surface area contributed by atoms with Gasteiger partial charge >= 0.3 is 5.97 Å². The second kappa shape index (κ2) is 7.64. The van der Waals surface area contributed by atoms with Crippen molar-refractivity contribution in [2.75, 3.05) is 25.0 Å². The number of amides is 2. The molecular weight excluding hydrogens is 353 g/mol. The van der Waals surface area contributed by atoms with Crippen molar-refractivity contribution in [1.29, 1.82) is 0 Å². The Morgan fingerprint density at radius 2 is 2.07 bits per heavy atom. The first kappa shape index (κ1) is 19.3.